The van der Waals surface area contributed by atoms with Crippen molar-refractivity contribution in [3.63, 3.8) is 0 Å². The largest absolute Gasteiger partial charge is 0.494 e. The van der Waals surface area contributed by atoms with Crippen LogP contribution in [0.25, 0.3) is 0 Å². The Balaban J connectivity index is 0.000000510. The molecule has 0 fully saturated rings. The van der Waals surface area contributed by atoms with Gasteiger partial charge in [0.15, 0.2) is 12.2 Å². The minimum absolute atomic E-state index is 0.116. The van der Waals surface area contributed by atoms with Gasteiger partial charge in [0, 0.05) is 57.5 Å². The van der Waals surface area contributed by atoms with E-state index in [2.05, 4.69) is 20.1 Å². The zero-order chi connectivity index (χ0) is 50.9. The van der Waals surface area contributed by atoms with E-state index in [1.807, 2.05) is 84.9 Å². The maximum Gasteiger partial charge on any atom is 0.333 e. The van der Waals surface area contributed by atoms with Crippen molar-refractivity contribution in [3.05, 3.63) is 109 Å². The summed E-state index contributed by atoms with van der Waals surface area (Å²) in [6, 6.07) is 26.2. The summed E-state index contributed by atoms with van der Waals surface area (Å²) in [5.41, 5.74) is 0.646. The summed E-state index contributed by atoms with van der Waals surface area (Å²) in [5, 5.41) is 0. The van der Waals surface area contributed by atoms with Gasteiger partial charge in [-0.3, -0.25) is 9.59 Å². The van der Waals surface area contributed by atoms with Crippen LogP contribution in [0.5, 0.6) is 23.0 Å². The molecular formula is C54H76O16. The lowest BCUT2D eigenvalue weighted by Crippen LogP contribution is -2.30. The number of carbonyl (C=O) groups excluding carboxylic acids is 4. The van der Waals surface area contributed by atoms with Gasteiger partial charge in [-0.25, -0.2) is 9.59 Å². The third kappa shape index (κ3) is 32.0. The lowest BCUT2D eigenvalue weighted by Gasteiger charge is -2.19. The fraction of sp³-hybridized carbons (Fsp3) is 0.519. The van der Waals surface area contributed by atoms with Crippen LogP contribution in [0.2, 0.25) is 0 Å². The van der Waals surface area contributed by atoms with Gasteiger partial charge >= 0.3 is 23.9 Å². The standard InChI is InChI=1S/C32H44O9.C22H32O7/c1-4-18-37-28-14-16-29(17-15-28)38-23-22-35-19-8-9-20-36-24-30(25-40-27-11-6-5-7-12-27)41-31(33)13-10-21-39-32(34)26(2)3;1-18(2)22(24)27-15-9-12-21(23)29-20(16-26-14-8-7-13-25-3)17-28-19-10-5-4-6-11-19/h5-7,11-12,14-17,30H,2,4,8-10,13,18-25H2,1,3H3;4-6,10-11,20H,1,7-9,12-17H2,2-3H3. The van der Waals surface area contributed by atoms with Crippen LogP contribution >= 0.6 is 0 Å². The normalized spacial score (nSPS) is 11.4. The van der Waals surface area contributed by atoms with Crippen LogP contribution in [0.1, 0.15) is 78.6 Å². The van der Waals surface area contributed by atoms with E-state index in [-0.39, 0.29) is 58.5 Å². The lowest BCUT2D eigenvalue weighted by molar-refractivity contribution is -0.155. The van der Waals surface area contributed by atoms with E-state index in [0.717, 1.165) is 43.6 Å². The maximum absolute atomic E-state index is 12.3. The van der Waals surface area contributed by atoms with Gasteiger partial charge in [-0.15, -0.1) is 0 Å². The molecule has 2 atom stereocenters. The number of hydrogen-bond acceptors (Lipinski definition) is 16. The zero-order valence-electron chi connectivity index (χ0n) is 41.7. The van der Waals surface area contributed by atoms with Crippen LogP contribution in [-0.2, 0) is 57.1 Å². The van der Waals surface area contributed by atoms with E-state index in [4.69, 9.17) is 56.8 Å². The van der Waals surface area contributed by atoms with Gasteiger partial charge in [-0.05, 0) is 107 Å². The Hall–Kier alpha value is -5.94. The van der Waals surface area contributed by atoms with Crippen LogP contribution in [0, 0.1) is 0 Å². The van der Waals surface area contributed by atoms with Gasteiger partial charge in [-0.1, -0.05) is 56.5 Å². The third-order valence-corrected chi connectivity index (χ3v) is 9.28. The topological polar surface area (TPSA) is 179 Å². The second-order valence-electron chi connectivity index (χ2n) is 15.8. The van der Waals surface area contributed by atoms with E-state index < -0.39 is 30.1 Å². The monoisotopic (exact) mass is 981 g/mol. The van der Waals surface area contributed by atoms with Crippen molar-refractivity contribution in [2.45, 2.75) is 90.8 Å². The van der Waals surface area contributed by atoms with E-state index in [0.29, 0.717) is 81.7 Å². The maximum atomic E-state index is 12.3. The van der Waals surface area contributed by atoms with Crippen LogP contribution in [-0.4, -0.2) is 129 Å². The summed E-state index contributed by atoms with van der Waals surface area (Å²) in [6.45, 7) is 17.3. The molecule has 0 aliphatic rings. The quantitative estimate of drug-likeness (QED) is 0.0229. The molecule has 0 aliphatic carbocycles. The van der Waals surface area contributed by atoms with E-state index in [1.54, 1.807) is 21.0 Å². The zero-order valence-corrected chi connectivity index (χ0v) is 41.7. The van der Waals surface area contributed by atoms with Crippen molar-refractivity contribution in [3.8, 4) is 23.0 Å². The fourth-order valence-electron chi connectivity index (χ4n) is 5.60. The summed E-state index contributed by atoms with van der Waals surface area (Å²) in [7, 11) is 1.66. The van der Waals surface area contributed by atoms with Gasteiger partial charge in [0.2, 0.25) is 0 Å². The first-order valence-corrected chi connectivity index (χ1v) is 24.0. The molecule has 3 aromatic rings. The molecule has 3 aromatic carbocycles. The predicted molar refractivity (Wildman–Crippen MR) is 264 cm³/mol. The molecule has 16 heteroatoms. The highest BCUT2D eigenvalue weighted by atomic mass is 16.6. The van der Waals surface area contributed by atoms with Gasteiger partial charge in [0.05, 0.1) is 39.6 Å². The predicted octanol–water partition coefficient (Wildman–Crippen LogP) is 8.88. The number of benzene rings is 3. The SMILES string of the molecule is C=C(C)C(=O)OCCCC(=O)OC(COCCCCOC)COc1ccccc1.C=C(C)C(=O)OCCCC(=O)OC(COCCCCOCCOc1ccc(OCCC)cc1)COc1ccccc1. The Morgan fingerprint density at radius 1 is 0.443 bits per heavy atom. The molecular weight excluding hydrogens is 905 g/mol. The van der Waals surface area contributed by atoms with Crippen LogP contribution in [0.3, 0.4) is 0 Å². The third-order valence-electron chi connectivity index (χ3n) is 9.28. The molecule has 0 aromatic heterocycles. The number of para-hydroxylation sites is 2. The van der Waals surface area contributed by atoms with Crippen LogP contribution < -0.4 is 18.9 Å². The molecule has 0 amide bonds. The molecule has 0 N–H and O–H groups in total. The van der Waals surface area contributed by atoms with E-state index in [1.165, 1.54) is 0 Å². The highest BCUT2D eigenvalue weighted by molar-refractivity contribution is 5.87. The molecule has 0 saturated heterocycles. The van der Waals surface area contributed by atoms with Crippen molar-refractivity contribution < 1.29 is 76.0 Å². The molecule has 0 aliphatic heterocycles. The average Bonchev–Trinajstić information content (AvgIpc) is 3.36. The Labute approximate surface area is 414 Å². The summed E-state index contributed by atoms with van der Waals surface area (Å²) in [5.74, 6) is 1.26. The summed E-state index contributed by atoms with van der Waals surface area (Å²) < 4.78 is 65.8. The summed E-state index contributed by atoms with van der Waals surface area (Å²) >= 11 is 0. The van der Waals surface area contributed by atoms with Gasteiger partial charge in [-0.2, -0.15) is 0 Å². The first-order chi connectivity index (χ1) is 34.0. The van der Waals surface area contributed by atoms with Crippen molar-refractivity contribution in [1.29, 1.82) is 0 Å². The molecule has 0 spiro atoms. The first-order valence-electron chi connectivity index (χ1n) is 24.0. The Bertz CT molecular complexity index is 1850. The van der Waals surface area contributed by atoms with Gasteiger partial charge in [0.1, 0.15) is 42.8 Å². The van der Waals surface area contributed by atoms with Crippen molar-refractivity contribution in [2.75, 3.05) is 93.0 Å². The number of rotatable bonds is 39. The molecule has 16 nitrogen and oxygen atoms in total. The number of methoxy groups -OCH3 is 1. The number of ether oxygens (including phenoxy) is 12. The van der Waals surface area contributed by atoms with Crippen molar-refractivity contribution >= 4 is 23.9 Å². The molecule has 0 saturated carbocycles. The first kappa shape index (κ1) is 60.2. The molecule has 70 heavy (non-hydrogen) atoms. The van der Waals surface area contributed by atoms with E-state index in [9.17, 15) is 19.2 Å². The minimum atomic E-state index is -0.568. The smallest absolute Gasteiger partial charge is 0.333 e. The number of unbranched alkanes of at least 4 members (excludes halogenated alkanes) is 2. The van der Waals surface area contributed by atoms with Crippen LogP contribution in [0.4, 0.5) is 0 Å². The molecule has 0 bridgehead atoms. The lowest BCUT2D eigenvalue weighted by atomic mass is 10.3. The van der Waals surface area contributed by atoms with Crippen molar-refractivity contribution in [1.82, 2.24) is 0 Å². The molecule has 2 unspecified atom stereocenters. The second-order valence-corrected chi connectivity index (χ2v) is 15.8. The molecule has 0 heterocycles. The Morgan fingerprint density at radius 2 is 0.843 bits per heavy atom. The molecule has 388 valence electrons. The van der Waals surface area contributed by atoms with Crippen molar-refractivity contribution in [2.24, 2.45) is 0 Å². The average molecular weight is 981 g/mol. The molecule has 3 rings (SSSR count). The Morgan fingerprint density at radius 3 is 1.26 bits per heavy atom. The fourth-order valence-corrected chi connectivity index (χ4v) is 5.60. The van der Waals surface area contributed by atoms with E-state index >= 15 is 0 Å². The van der Waals surface area contributed by atoms with Gasteiger partial charge in [0.25, 0.3) is 0 Å². The highest BCUT2D eigenvalue weighted by Gasteiger charge is 2.18. The van der Waals surface area contributed by atoms with Gasteiger partial charge < -0.3 is 56.8 Å². The number of esters is 4. The Kier molecular flexibility index (Phi) is 34.3. The minimum Gasteiger partial charge on any atom is -0.494 e. The number of carbonyl (C=O) groups is 4. The summed E-state index contributed by atoms with van der Waals surface area (Å²) in [4.78, 5) is 47.2. The van der Waals surface area contributed by atoms with Crippen LogP contribution in [0.15, 0.2) is 109 Å². The summed E-state index contributed by atoms with van der Waals surface area (Å²) in [6.07, 6.45) is 4.27. The highest BCUT2D eigenvalue weighted by Crippen LogP contribution is 2.18. The number of hydrogen-bond donors (Lipinski definition) is 0. The molecule has 0 radical (unpaired) electrons. The second kappa shape index (κ2) is 39.9.